The van der Waals surface area contributed by atoms with Gasteiger partial charge < -0.3 is 26.8 Å². The highest BCUT2D eigenvalue weighted by Crippen LogP contribution is 1.93. The molecule has 100 valence electrons. The largest absolute Gasteiger partial charge is 0.481 e. The van der Waals surface area contributed by atoms with Crippen molar-refractivity contribution < 1.29 is 29.7 Å². The molecule has 0 aromatic carbocycles. The van der Waals surface area contributed by atoms with Crippen LogP contribution in [0, 0.1) is 0 Å². The van der Waals surface area contributed by atoms with Crippen molar-refractivity contribution >= 4 is 30.5 Å². The average molecular weight is 268 g/mol. The third-order valence-electron chi connectivity index (χ3n) is 1.50. The summed E-state index contributed by atoms with van der Waals surface area (Å²) in [6, 6.07) is -1.88. The molecule has 0 radical (unpaired) electrons. The Bertz CT molecular complexity index is 273. The molecule has 0 fully saturated rings. The zero-order chi connectivity index (χ0) is 14.0. The van der Waals surface area contributed by atoms with E-state index in [-0.39, 0.29) is 18.6 Å². The predicted molar refractivity (Wildman–Crippen MR) is 61.9 cm³/mol. The molecular formula is C8H16N2O6S. The Morgan fingerprint density at radius 3 is 1.59 bits per heavy atom. The summed E-state index contributed by atoms with van der Waals surface area (Å²) in [5.74, 6) is -3.01. The van der Waals surface area contributed by atoms with Crippen LogP contribution in [0.1, 0.15) is 12.8 Å². The number of nitrogens with two attached hydrogens (primary N) is 2. The van der Waals surface area contributed by atoms with Crippen LogP contribution in [0.3, 0.4) is 0 Å². The molecule has 0 aliphatic rings. The number of thiol groups is 1. The Morgan fingerprint density at radius 2 is 1.41 bits per heavy atom. The van der Waals surface area contributed by atoms with E-state index in [4.69, 9.17) is 26.8 Å². The third-order valence-corrected chi connectivity index (χ3v) is 1.89. The number of carboxylic acids is 3. The molecular weight excluding hydrogens is 252 g/mol. The molecule has 0 aromatic rings. The first kappa shape index (κ1) is 18.1. The molecule has 0 heterocycles. The smallest absolute Gasteiger partial charge is 0.321 e. The Kier molecular flexibility index (Phi) is 10.5. The minimum Gasteiger partial charge on any atom is -0.481 e. The Balaban J connectivity index is 0. The fraction of sp³-hybridized carbons (Fsp3) is 0.625. The first-order valence-electron chi connectivity index (χ1n) is 4.51. The maximum absolute atomic E-state index is 9.99. The molecule has 0 amide bonds. The van der Waals surface area contributed by atoms with Crippen molar-refractivity contribution in [2.24, 2.45) is 11.5 Å². The van der Waals surface area contributed by atoms with E-state index in [2.05, 4.69) is 12.6 Å². The second-order valence-electron chi connectivity index (χ2n) is 3.00. The maximum atomic E-state index is 9.99. The summed E-state index contributed by atoms with van der Waals surface area (Å²) in [6.07, 6.45) is -0.224. The van der Waals surface area contributed by atoms with Gasteiger partial charge in [-0.2, -0.15) is 12.6 Å². The molecule has 7 N–H and O–H groups in total. The van der Waals surface area contributed by atoms with Gasteiger partial charge >= 0.3 is 17.9 Å². The maximum Gasteiger partial charge on any atom is 0.321 e. The number of rotatable bonds is 6. The summed E-state index contributed by atoms with van der Waals surface area (Å²) >= 11 is 3.65. The molecule has 0 rings (SSSR count). The fourth-order valence-corrected chi connectivity index (χ4v) is 0.637. The number of carboxylic acid groups (broad SMARTS) is 3. The Labute approximate surface area is 103 Å². The summed E-state index contributed by atoms with van der Waals surface area (Å²) in [4.78, 5) is 29.6. The van der Waals surface area contributed by atoms with Gasteiger partial charge in [-0.05, 0) is 6.42 Å². The first-order valence-corrected chi connectivity index (χ1v) is 5.15. The van der Waals surface area contributed by atoms with Gasteiger partial charge in [-0.3, -0.25) is 14.4 Å². The lowest BCUT2D eigenvalue weighted by molar-refractivity contribution is -0.140. The average Bonchev–Trinajstić information content (AvgIpc) is 2.24. The van der Waals surface area contributed by atoms with Crippen LogP contribution in [0.2, 0.25) is 0 Å². The molecule has 0 aliphatic heterocycles. The molecule has 9 heteroatoms. The van der Waals surface area contributed by atoms with Crippen molar-refractivity contribution in [2.75, 3.05) is 5.75 Å². The summed E-state index contributed by atoms with van der Waals surface area (Å²) in [5.41, 5.74) is 9.94. The van der Waals surface area contributed by atoms with Crippen LogP contribution in [0.15, 0.2) is 0 Å². The monoisotopic (exact) mass is 268 g/mol. The van der Waals surface area contributed by atoms with E-state index in [9.17, 15) is 14.4 Å². The highest BCUT2D eigenvalue weighted by molar-refractivity contribution is 7.80. The summed E-state index contributed by atoms with van der Waals surface area (Å²) in [6.45, 7) is 0. The van der Waals surface area contributed by atoms with Crippen molar-refractivity contribution in [1.82, 2.24) is 0 Å². The molecule has 2 atom stereocenters. The molecule has 0 aromatic heterocycles. The Hall–Kier alpha value is -1.32. The van der Waals surface area contributed by atoms with Gasteiger partial charge in [0, 0.05) is 12.2 Å². The van der Waals surface area contributed by atoms with Crippen molar-refractivity contribution in [3.05, 3.63) is 0 Å². The van der Waals surface area contributed by atoms with Gasteiger partial charge in [0.2, 0.25) is 0 Å². The zero-order valence-corrected chi connectivity index (χ0v) is 9.84. The molecule has 0 aliphatic carbocycles. The summed E-state index contributed by atoms with van der Waals surface area (Å²) in [7, 11) is 0. The number of hydrogen-bond donors (Lipinski definition) is 6. The minimum absolute atomic E-state index is 0.0231. The van der Waals surface area contributed by atoms with Gasteiger partial charge in [-0.1, -0.05) is 0 Å². The predicted octanol–water partition coefficient (Wildman–Crippen LogP) is -1.41. The van der Waals surface area contributed by atoms with E-state index in [0.29, 0.717) is 0 Å². The zero-order valence-electron chi connectivity index (χ0n) is 8.94. The lowest BCUT2D eigenvalue weighted by atomic mass is 10.2. The SMILES string of the molecule is NC(CCC(=O)O)C(=O)O.NC(CS)C(=O)O. The van der Waals surface area contributed by atoms with Crippen molar-refractivity contribution in [2.45, 2.75) is 24.9 Å². The van der Waals surface area contributed by atoms with Crippen molar-refractivity contribution in [3.63, 3.8) is 0 Å². The van der Waals surface area contributed by atoms with Crippen LogP contribution in [-0.4, -0.2) is 51.1 Å². The van der Waals surface area contributed by atoms with Gasteiger partial charge in [0.05, 0.1) is 0 Å². The molecule has 8 nitrogen and oxygen atoms in total. The summed E-state index contributed by atoms with van der Waals surface area (Å²) < 4.78 is 0. The lowest BCUT2D eigenvalue weighted by Crippen LogP contribution is -2.31. The normalized spacial score (nSPS) is 12.9. The van der Waals surface area contributed by atoms with Crippen LogP contribution in [0.5, 0.6) is 0 Å². The van der Waals surface area contributed by atoms with Crippen LogP contribution in [0.25, 0.3) is 0 Å². The highest BCUT2D eigenvalue weighted by Gasteiger charge is 2.12. The molecule has 0 saturated heterocycles. The number of aliphatic carboxylic acids is 3. The highest BCUT2D eigenvalue weighted by atomic mass is 32.1. The lowest BCUT2D eigenvalue weighted by Gasteiger charge is -2.01. The van der Waals surface area contributed by atoms with Crippen molar-refractivity contribution in [1.29, 1.82) is 0 Å². The van der Waals surface area contributed by atoms with Crippen LogP contribution in [-0.2, 0) is 14.4 Å². The standard InChI is InChI=1S/C5H9NO4.C3H7NO2S/c6-3(5(9)10)1-2-4(7)8;4-2(1-7)3(5)6/h3H,1-2,6H2,(H,7,8)(H,9,10);2,7H,1,4H2,(H,5,6). The second-order valence-corrected chi connectivity index (χ2v) is 3.37. The second kappa shape index (κ2) is 9.87. The number of hydrogen-bond acceptors (Lipinski definition) is 6. The van der Waals surface area contributed by atoms with E-state index in [0.717, 1.165) is 0 Å². The van der Waals surface area contributed by atoms with Gasteiger partial charge in [0.15, 0.2) is 0 Å². The van der Waals surface area contributed by atoms with E-state index < -0.39 is 30.0 Å². The van der Waals surface area contributed by atoms with Crippen molar-refractivity contribution in [3.8, 4) is 0 Å². The van der Waals surface area contributed by atoms with Gasteiger partial charge in [-0.25, -0.2) is 0 Å². The molecule has 0 spiro atoms. The van der Waals surface area contributed by atoms with Crippen LogP contribution in [0.4, 0.5) is 0 Å². The first-order chi connectivity index (χ1) is 7.72. The van der Waals surface area contributed by atoms with Gasteiger partial charge in [0.25, 0.3) is 0 Å². The molecule has 0 bridgehead atoms. The van der Waals surface area contributed by atoms with Gasteiger partial charge in [-0.15, -0.1) is 0 Å². The number of carbonyl (C=O) groups is 3. The van der Waals surface area contributed by atoms with E-state index in [1.165, 1.54) is 0 Å². The third kappa shape index (κ3) is 12.6. The quantitative estimate of drug-likeness (QED) is 0.320. The summed E-state index contributed by atoms with van der Waals surface area (Å²) in [5, 5.41) is 24.3. The van der Waals surface area contributed by atoms with Crippen LogP contribution < -0.4 is 11.5 Å². The van der Waals surface area contributed by atoms with Crippen LogP contribution >= 0.6 is 12.6 Å². The molecule has 17 heavy (non-hydrogen) atoms. The minimum atomic E-state index is -1.17. The molecule has 0 saturated carbocycles. The van der Waals surface area contributed by atoms with E-state index >= 15 is 0 Å². The van der Waals surface area contributed by atoms with Gasteiger partial charge in [0.1, 0.15) is 12.1 Å². The molecule has 2 unspecified atom stereocenters. The topological polar surface area (TPSA) is 164 Å². The fourth-order valence-electron chi connectivity index (χ4n) is 0.481. The van der Waals surface area contributed by atoms with E-state index in [1.807, 2.05) is 0 Å². The Morgan fingerprint density at radius 1 is 1.00 bits per heavy atom. The van der Waals surface area contributed by atoms with E-state index in [1.54, 1.807) is 0 Å².